The Morgan fingerprint density at radius 1 is 1.06 bits per heavy atom. The highest BCUT2D eigenvalue weighted by Gasteiger charge is 2.32. The summed E-state index contributed by atoms with van der Waals surface area (Å²) in [6.45, 7) is 2.97. The Labute approximate surface area is 195 Å². The van der Waals surface area contributed by atoms with E-state index in [0.29, 0.717) is 30.4 Å². The van der Waals surface area contributed by atoms with Crippen LogP contribution < -0.4 is 25.2 Å². The number of rotatable bonds is 5. The Bertz CT molecular complexity index is 1320. The van der Waals surface area contributed by atoms with Crippen molar-refractivity contribution in [2.45, 2.75) is 32.4 Å². The van der Waals surface area contributed by atoms with E-state index in [4.69, 9.17) is 9.47 Å². The van der Waals surface area contributed by atoms with Crippen molar-refractivity contribution in [1.29, 1.82) is 0 Å². The lowest BCUT2D eigenvalue weighted by Crippen LogP contribution is -2.37. The van der Waals surface area contributed by atoms with Gasteiger partial charge in [0.2, 0.25) is 5.91 Å². The molecule has 0 aliphatic carbocycles. The van der Waals surface area contributed by atoms with E-state index in [1.165, 1.54) is 12.1 Å². The van der Waals surface area contributed by atoms with Gasteiger partial charge in [-0.3, -0.25) is 14.4 Å². The van der Waals surface area contributed by atoms with Crippen LogP contribution in [0.2, 0.25) is 0 Å². The topological polar surface area (TPSA) is 103 Å². The second kappa shape index (κ2) is 9.01. The second-order valence-electron chi connectivity index (χ2n) is 8.29. The molecule has 2 aliphatic heterocycles. The minimum Gasteiger partial charge on any atom is -0.486 e. The standard InChI is InChI=1S/C25H24N4O5/c1-16-14-17-4-2-3-5-20(17)29(16)25(32)19-7-9-24(31)28(27-19)11-10-23(30)26-18-6-8-21-22(15-18)34-13-12-33-21/h2-9,15-16H,10-14H2,1H3,(H,26,30). The Hall–Kier alpha value is -4.14. The van der Waals surface area contributed by atoms with Gasteiger partial charge in [0.15, 0.2) is 11.5 Å². The number of hydrogen-bond donors (Lipinski definition) is 1. The highest BCUT2D eigenvalue weighted by Crippen LogP contribution is 2.33. The monoisotopic (exact) mass is 460 g/mol. The quantitative estimate of drug-likeness (QED) is 0.628. The first-order valence-electron chi connectivity index (χ1n) is 11.2. The summed E-state index contributed by atoms with van der Waals surface area (Å²) in [6.07, 6.45) is 0.781. The maximum Gasteiger partial charge on any atom is 0.278 e. The fourth-order valence-electron chi connectivity index (χ4n) is 4.27. The minimum atomic E-state index is -0.376. The SMILES string of the molecule is CC1Cc2ccccc2N1C(=O)c1ccc(=O)n(CCC(=O)Nc2ccc3c(c2)OCCO3)n1. The fourth-order valence-corrected chi connectivity index (χ4v) is 4.27. The molecular formula is C25H24N4O5. The molecule has 0 fully saturated rings. The van der Waals surface area contributed by atoms with Gasteiger partial charge in [-0.1, -0.05) is 18.2 Å². The third kappa shape index (κ3) is 4.24. The zero-order valence-electron chi connectivity index (χ0n) is 18.7. The van der Waals surface area contributed by atoms with Gasteiger partial charge in [0.05, 0.1) is 6.54 Å². The van der Waals surface area contributed by atoms with Crippen LogP contribution in [0.5, 0.6) is 11.5 Å². The Kier molecular flexibility index (Phi) is 5.75. The number of carbonyl (C=O) groups is 2. The van der Waals surface area contributed by atoms with Gasteiger partial charge >= 0.3 is 0 Å². The molecular weight excluding hydrogens is 436 g/mol. The summed E-state index contributed by atoms with van der Waals surface area (Å²) < 4.78 is 12.2. The summed E-state index contributed by atoms with van der Waals surface area (Å²) in [4.78, 5) is 39.7. The number of fused-ring (bicyclic) bond motifs is 2. The van der Waals surface area contributed by atoms with Crippen LogP contribution in [0.4, 0.5) is 11.4 Å². The van der Waals surface area contributed by atoms with Gasteiger partial charge in [-0.15, -0.1) is 0 Å². The van der Waals surface area contributed by atoms with Crippen molar-refractivity contribution in [3.63, 3.8) is 0 Å². The lowest BCUT2D eigenvalue weighted by Gasteiger charge is -2.22. The van der Waals surface area contributed by atoms with Gasteiger partial charge in [0.25, 0.3) is 11.5 Å². The molecule has 0 saturated heterocycles. The molecule has 0 bridgehead atoms. The molecule has 9 heteroatoms. The summed E-state index contributed by atoms with van der Waals surface area (Å²) in [7, 11) is 0. The van der Waals surface area contributed by atoms with Crippen molar-refractivity contribution in [2.24, 2.45) is 0 Å². The Morgan fingerprint density at radius 3 is 2.71 bits per heavy atom. The lowest BCUT2D eigenvalue weighted by molar-refractivity contribution is -0.116. The van der Waals surface area contributed by atoms with E-state index < -0.39 is 0 Å². The summed E-state index contributed by atoms with van der Waals surface area (Å²) in [5.74, 6) is 0.651. The minimum absolute atomic E-state index is 0.0103. The van der Waals surface area contributed by atoms with Gasteiger partial charge in [0, 0.05) is 36.0 Å². The van der Waals surface area contributed by atoms with E-state index in [9.17, 15) is 14.4 Å². The first-order chi connectivity index (χ1) is 16.5. The molecule has 174 valence electrons. The average Bonchev–Trinajstić information content (AvgIpc) is 3.18. The third-order valence-electron chi connectivity index (χ3n) is 5.89. The zero-order chi connectivity index (χ0) is 23.7. The highest BCUT2D eigenvalue weighted by atomic mass is 16.6. The molecule has 0 radical (unpaired) electrons. The van der Waals surface area contributed by atoms with Gasteiger partial charge in [-0.2, -0.15) is 5.10 Å². The largest absolute Gasteiger partial charge is 0.486 e. The number of nitrogens with one attached hydrogen (secondary N) is 1. The van der Waals surface area contributed by atoms with Crippen LogP contribution in [0.25, 0.3) is 0 Å². The summed E-state index contributed by atoms with van der Waals surface area (Å²) in [6, 6.07) is 15.7. The van der Waals surface area contributed by atoms with E-state index in [2.05, 4.69) is 10.4 Å². The predicted molar refractivity (Wildman–Crippen MR) is 126 cm³/mol. The van der Waals surface area contributed by atoms with Crippen LogP contribution >= 0.6 is 0 Å². The van der Waals surface area contributed by atoms with Crippen molar-refractivity contribution in [3.05, 3.63) is 76.2 Å². The first kappa shape index (κ1) is 21.7. The molecule has 34 heavy (non-hydrogen) atoms. The Balaban J connectivity index is 1.27. The van der Waals surface area contributed by atoms with Gasteiger partial charge in [-0.25, -0.2) is 4.68 Å². The number of anilines is 2. The predicted octanol–water partition coefficient (Wildman–Crippen LogP) is 2.63. The number of nitrogens with zero attached hydrogens (tertiary/aromatic N) is 3. The molecule has 2 aromatic carbocycles. The number of amides is 2. The number of benzene rings is 2. The number of hydrogen-bond acceptors (Lipinski definition) is 6. The third-order valence-corrected chi connectivity index (χ3v) is 5.89. The van der Waals surface area contributed by atoms with Gasteiger partial charge < -0.3 is 19.7 Å². The molecule has 1 atom stereocenters. The van der Waals surface area contributed by atoms with Gasteiger partial charge in [0.1, 0.15) is 18.9 Å². The molecule has 3 aromatic rings. The molecule has 5 rings (SSSR count). The average molecular weight is 460 g/mol. The maximum absolute atomic E-state index is 13.2. The number of aromatic nitrogens is 2. The molecule has 0 spiro atoms. The van der Waals surface area contributed by atoms with Crippen molar-refractivity contribution in [2.75, 3.05) is 23.4 Å². The zero-order valence-corrected chi connectivity index (χ0v) is 18.7. The number of carbonyl (C=O) groups excluding carboxylic acids is 2. The maximum atomic E-state index is 13.2. The fraction of sp³-hybridized carbons (Fsp3) is 0.280. The number of aryl methyl sites for hydroxylation is 1. The second-order valence-corrected chi connectivity index (χ2v) is 8.29. The van der Waals surface area contributed by atoms with Crippen LogP contribution in [0.3, 0.4) is 0 Å². The van der Waals surface area contributed by atoms with Crippen LogP contribution in [-0.4, -0.2) is 40.9 Å². The summed E-state index contributed by atoms with van der Waals surface area (Å²) >= 11 is 0. The highest BCUT2D eigenvalue weighted by molar-refractivity contribution is 6.06. The van der Waals surface area contributed by atoms with Crippen LogP contribution in [0.15, 0.2) is 59.4 Å². The van der Waals surface area contributed by atoms with E-state index in [1.54, 1.807) is 23.1 Å². The van der Waals surface area contributed by atoms with Gasteiger partial charge in [-0.05, 0) is 43.2 Å². The Morgan fingerprint density at radius 2 is 1.85 bits per heavy atom. The van der Waals surface area contributed by atoms with Crippen molar-refractivity contribution in [3.8, 4) is 11.5 Å². The molecule has 2 amide bonds. The van der Waals surface area contributed by atoms with Crippen molar-refractivity contribution >= 4 is 23.2 Å². The smallest absolute Gasteiger partial charge is 0.278 e. The van der Waals surface area contributed by atoms with Crippen molar-refractivity contribution < 1.29 is 19.1 Å². The molecule has 1 aromatic heterocycles. The molecule has 1 N–H and O–H groups in total. The first-order valence-corrected chi connectivity index (χ1v) is 11.2. The molecule has 1 unspecified atom stereocenters. The van der Waals surface area contributed by atoms with E-state index >= 15 is 0 Å². The molecule has 9 nitrogen and oxygen atoms in total. The molecule has 2 aliphatic rings. The number of ether oxygens (including phenoxy) is 2. The van der Waals surface area contributed by atoms with E-state index in [-0.39, 0.29) is 42.1 Å². The number of para-hydroxylation sites is 1. The normalized spacial score (nSPS) is 16.1. The van der Waals surface area contributed by atoms with Crippen LogP contribution in [-0.2, 0) is 17.8 Å². The van der Waals surface area contributed by atoms with Crippen LogP contribution in [0.1, 0.15) is 29.4 Å². The van der Waals surface area contributed by atoms with Crippen molar-refractivity contribution in [1.82, 2.24) is 9.78 Å². The summed E-state index contributed by atoms with van der Waals surface area (Å²) in [5.41, 5.74) is 2.32. The summed E-state index contributed by atoms with van der Waals surface area (Å²) in [5, 5.41) is 7.05. The van der Waals surface area contributed by atoms with Crippen LogP contribution in [0, 0.1) is 0 Å². The molecule has 3 heterocycles. The van der Waals surface area contributed by atoms with E-state index in [0.717, 1.165) is 22.4 Å². The van der Waals surface area contributed by atoms with E-state index in [1.807, 2.05) is 31.2 Å². The molecule has 0 saturated carbocycles. The lowest BCUT2D eigenvalue weighted by atomic mass is 10.1.